The first-order valence-corrected chi connectivity index (χ1v) is 4.38. The van der Waals surface area contributed by atoms with Crippen molar-refractivity contribution in [1.29, 1.82) is 0 Å². The summed E-state index contributed by atoms with van der Waals surface area (Å²) >= 11 is 0. The number of esters is 1. The number of anilines is 1. The van der Waals surface area contributed by atoms with Gasteiger partial charge in [-0.15, -0.1) is 0 Å². The van der Waals surface area contributed by atoms with Crippen LogP contribution >= 0.6 is 0 Å². The van der Waals surface area contributed by atoms with Gasteiger partial charge in [0, 0.05) is 0 Å². The summed E-state index contributed by atoms with van der Waals surface area (Å²) in [5, 5.41) is 0. The Kier molecular flexibility index (Phi) is 2.78. The molecular weight excluding hydrogens is 198 g/mol. The minimum atomic E-state index is -0.712. The highest BCUT2D eigenvalue weighted by atomic mass is 16.6. The van der Waals surface area contributed by atoms with Gasteiger partial charge in [0.1, 0.15) is 11.2 Å². The molecule has 0 saturated heterocycles. The average Bonchev–Trinajstić information content (AvgIpc) is 1.99. The van der Waals surface area contributed by atoms with Crippen LogP contribution in [0.1, 0.15) is 31.1 Å². The second kappa shape index (κ2) is 3.72. The molecular formula is C9H13N3O3. The number of ether oxygens (including phenoxy) is 1. The van der Waals surface area contributed by atoms with Gasteiger partial charge in [0.15, 0.2) is 5.95 Å². The normalized spacial score (nSPS) is 11.1. The molecule has 0 spiro atoms. The second-order valence-electron chi connectivity index (χ2n) is 4.01. The first-order chi connectivity index (χ1) is 6.79. The molecule has 6 heteroatoms. The smallest absolute Gasteiger partial charge is 0.345 e. The standard InChI is InChI=1S/C9H13N3O3/c1-9(2,3)15-7(14)5-4-11-8(10)12-6(5)13/h4H,1-3H3,(H3,10,11,12,13). The molecule has 3 N–H and O–H groups in total. The van der Waals surface area contributed by atoms with Gasteiger partial charge in [0.2, 0.25) is 0 Å². The molecule has 0 bridgehead atoms. The van der Waals surface area contributed by atoms with Gasteiger partial charge in [-0.1, -0.05) is 0 Å². The maximum absolute atomic E-state index is 11.5. The van der Waals surface area contributed by atoms with E-state index in [-0.39, 0.29) is 11.5 Å². The van der Waals surface area contributed by atoms with E-state index in [0.717, 1.165) is 6.20 Å². The Morgan fingerprint density at radius 2 is 2.13 bits per heavy atom. The number of nitrogens with two attached hydrogens (primary N) is 1. The lowest BCUT2D eigenvalue weighted by Gasteiger charge is -2.18. The molecule has 0 saturated carbocycles. The highest BCUT2D eigenvalue weighted by Gasteiger charge is 2.20. The number of H-pyrrole nitrogens is 1. The molecule has 0 amide bonds. The van der Waals surface area contributed by atoms with Gasteiger partial charge in [-0.05, 0) is 20.8 Å². The molecule has 15 heavy (non-hydrogen) atoms. The number of hydrogen-bond donors (Lipinski definition) is 2. The Morgan fingerprint density at radius 1 is 1.53 bits per heavy atom. The summed E-state index contributed by atoms with van der Waals surface area (Å²) in [5.41, 5.74) is 3.83. The number of rotatable bonds is 1. The van der Waals surface area contributed by atoms with E-state index in [2.05, 4.69) is 9.97 Å². The fourth-order valence-electron chi connectivity index (χ4n) is 0.887. The molecule has 1 aromatic rings. The average molecular weight is 211 g/mol. The quantitative estimate of drug-likeness (QED) is 0.651. The lowest BCUT2D eigenvalue weighted by Crippen LogP contribution is -2.28. The van der Waals surface area contributed by atoms with Gasteiger partial charge >= 0.3 is 5.97 Å². The molecule has 0 aliphatic carbocycles. The summed E-state index contributed by atoms with van der Waals surface area (Å²) in [6.45, 7) is 5.14. The van der Waals surface area contributed by atoms with Crippen LogP contribution in [0.3, 0.4) is 0 Å². The number of nitrogens with zero attached hydrogens (tertiary/aromatic N) is 1. The Balaban J connectivity index is 2.98. The molecule has 0 atom stereocenters. The van der Waals surface area contributed by atoms with E-state index in [1.165, 1.54) is 0 Å². The van der Waals surface area contributed by atoms with Gasteiger partial charge in [0.05, 0.1) is 6.20 Å². The van der Waals surface area contributed by atoms with Crippen LogP contribution in [-0.4, -0.2) is 21.5 Å². The summed E-state index contributed by atoms with van der Waals surface area (Å²) in [4.78, 5) is 28.6. The van der Waals surface area contributed by atoms with Crippen LogP contribution in [-0.2, 0) is 4.74 Å². The van der Waals surface area contributed by atoms with Crippen LogP contribution in [0, 0.1) is 0 Å². The third-order valence-corrected chi connectivity index (χ3v) is 1.44. The van der Waals surface area contributed by atoms with E-state index in [1.54, 1.807) is 20.8 Å². The zero-order valence-electron chi connectivity index (χ0n) is 8.83. The lowest BCUT2D eigenvalue weighted by molar-refractivity contribution is 0.00671. The Morgan fingerprint density at radius 3 is 2.60 bits per heavy atom. The summed E-state index contributed by atoms with van der Waals surface area (Å²) in [6, 6.07) is 0. The number of carbonyl (C=O) groups is 1. The fraction of sp³-hybridized carbons (Fsp3) is 0.444. The summed E-state index contributed by atoms with van der Waals surface area (Å²) in [7, 11) is 0. The van der Waals surface area contributed by atoms with Crippen molar-refractivity contribution in [3.63, 3.8) is 0 Å². The zero-order valence-corrected chi connectivity index (χ0v) is 8.83. The Bertz CT molecular complexity index is 431. The molecule has 0 unspecified atom stereocenters. The van der Waals surface area contributed by atoms with Gasteiger partial charge in [-0.3, -0.25) is 9.78 Å². The van der Waals surface area contributed by atoms with Gasteiger partial charge < -0.3 is 10.5 Å². The van der Waals surface area contributed by atoms with Crippen LogP contribution in [0.4, 0.5) is 5.95 Å². The number of hydrogen-bond acceptors (Lipinski definition) is 5. The van der Waals surface area contributed by atoms with E-state index >= 15 is 0 Å². The van der Waals surface area contributed by atoms with Crippen molar-refractivity contribution >= 4 is 11.9 Å². The number of aromatic nitrogens is 2. The molecule has 1 heterocycles. The van der Waals surface area contributed by atoms with Crippen molar-refractivity contribution in [2.45, 2.75) is 26.4 Å². The predicted molar refractivity (Wildman–Crippen MR) is 54.4 cm³/mol. The van der Waals surface area contributed by atoms with Crippen LogP contribution in [0.25, 0.3) is 0 Å². The van der Waals surface area contributed by atoms with E-state index in [9.17, 15) is 9.59 Å². The third-order valence-electron chi connectivity index (χ3n) is 1.44. The number of aromatic amines is 1. The number of nitrogen functional groups attached to an aromatic ring is 1. The molecule has 6 nitrogen and oxygen atoms in total. The third kappa shape index (κ3) is 3.08. The molecule has 1 aromatic heterocycles. The molecule has 0 aliphatic heterocycles. The topological polar surface area (TPSA) is 98.1 Å². The van der Waals surface area contributed by atoms with Crippen molar-refractivity contribution in [2.75, 3.05) is 5.73 Å². The van der Waals surface area contributed by atoms with Crippen molar-refractivity contribution in [3.8, 4) is 0 Å². The lowest BCUT2D eigenvalue weighted by atomic mass is 10.2. The van der Waals surface area contributed by atoms with E-state index in [1.807, 2.05) is 0 Å². The van der Waals surface area contributed by atoms with Gasteiger partial charge in [-0.2, -0.15) is 0 Å². The van der Waals surface area contributed by atoms with Crippen molar-refractivity contribution in [2.24, 2.45) is 0 Å². The SMILES string of the molecule is CC(C)(C)OC(=O)c1cnc(N)[nH]c1=O. The largest absolute Gasteiger partial charge is 0.456 e. The van der Waals surface area contributed by atoms with Crippen LogP contribution < -0.4 is 11.3 Å². The second-order valence-corrected chi connectivity index (χ2v) is 4.01. The molecule has 0 aromatic carbocycles. The Labute approximate surface area is 86.5 Å². The van der Waals surface area contributed by atoms with Crippen molar-refractivity contribution in [3.05, 3.63) is 22.1 Å². The maximum atomic E-state index is 11.5. The van der Waals surface area contributed by atoms with Crippen LogP contribution in [0.2, 0.25) is 0 Å². The van der Waals surface area contributed by atoms with E-state index < -0.39 is 17.1 Å². The first kappa shape index (κ1) is 11.2. The van der Waals surface area contributed by atoms with E-state index in [4.69, 9.17) is 10.5 Å². The highest BCUT2D eigenvalue weighted by Crippen LogP contribution is 2.09. The minimum Gasteiger partial charge on any atom is -0.456 e. The Hall–Kier alpha value is -1.85. The van der Waals surface area contributed by atoms with Gasteiger partial charge in [0.25, 0.3) is 5.56 Å². The minimum absolute atomic E-state index is 0.0349. The monoisotopic (exact) mass is 211 g/mol. The maximum Gasteiger partial charge on any atom is 0.345 e. The summed E-state index contributed by atoms with van der Waals surface area (Å²) in [6.07, 6.45) is 1.10. The molecule has 0 aliphatic rings. The molecule has 0 fully saturated rings. The first-order valence-electron chi connectivity index (χ1n) is 4.38. The van der Waals surface area contributed by atoms with Crippen molar-refractivity contribution in [1.82, 2.24) is 9.97 Å². The number of nitrogens with one attached hydrogen (secondary N) is 1. The summed E-state index contributed by atoms with van der Waals surface area (Å²) < 4.78 is 5.00. The number of carbonyl (C=O) groups excluding carboxylic acids is 1. The molecule has 1 rings (SSSR count). The fourth-order valence-corrected chi connectivity index (χ4v) is 0.887. The predicted octanol–water partition coefficient (Wildman–Crippen LogP) is 0.307. The van der Waals surface area contributed by atoms with Crippen LogP contribution in [0.15, 0.2) is 11.0 Å². The van der Waals surface area contributed by atoms with Crippen molar-refractivity contribution < 1.29 is 9.53 Å². The zero-order chi connectivity index (χ0) is 11.6. The molecule has 0 radical (unpaired) electrons. The molecule has 82 valence electrons. The summed E-state index contributed by atoms with van der Waals surface area (Å²) in [5.74, 6) is -0.747. The van der Waals surface area contributed by atoms with E-state index in [0.29, 0.717) is 0 Å². The van der Waals surface area contributed by atoms with Gasteiger partial charge in [-0.25, -0.2) is 9.78 Å². The highest BCUT2D eigenvalue weighted by molar-refractivity contribution is 5.88. The van der Waals surface area contributed by atoms with Crippen LogP contribution in [0.5, 0.6) is 0 Å².